The van der Waals surface area contributed by atoms with Crippen molar-refractivity contribution in [2.45, 2.75) is 40.0 Å². The van der Waals surface area contributed by atoms with Gasteiger partial charge in [0.25, 0.3) is 5.78 Å². The van der Waals surface area contributed by atoms with E-state index in [1.807, 2.05) is 19.1 Å². The lowest BCUT2D eigenvalue weighted by molar-refractivity contribution is -0.135. The molecule has 0 saturated heterocycles. The maximum atomic E-state index is 12.7. The molecule has 4 nitrogen and oxygen atoms in total. The SMILES string of the molecule is COC(=O)C(=O)c1c(C)sc(-c2ccncc2)c1C1=CCC(C)(C)CC1. The van der Waals surface area contributed by atoms with Crippen molar-refractivity contribution in [3.8, 4) is 10.4 Å². The zero-order valence-corrected chi connectivity index (χ0v) is 16.4. The van der Waals surface area contributed by atoms with Crippen molar-refractivity contribution < 1.29 is 14.3 Å². The second-order valence-electron chi connectivity index (χ2n) is 7.39. The first-order valence-electron chi connectivity index (χ1n) is 8.70. The lowest BCUT2D eigenvalue weighted by atomic mass is 9.76. The fourth-order valence-electron chi connectivity index (χ4n) is 3.33. The predicted octanol–water partition coefficient (Wildman–Crippen LogP) is 5.07. The normalized spacial score (nSPS) is 16.1. The van der Waals surface area contributed by atoms with Crippen LogP contribution in [-0.2, 0) is 9.53 Å². The predicted molar refractivity (Wildman–Crippen MR) is 104 cm³/mol. The van der Waals surface area contributed by atoms with Gasteiger partial charge in [0.1, 0.15) is 0 Å². The molecular formula is C21H23NO3S. The summed E-state index contributed by atoms with van der Waals surface area (Å²) >= 11 is 1.55. The van der Waals surface area contributed by atoms with Gasteiger partial charge in [0.15, 0.2) is 0 Å². The number of Topliss-reactive ketones (excluding diaryl/α,β-unsaturated/α-hetero) is 1. The maximum absolute atomic E-state index is 12.7. The van der Waals surface area contributed by atoms with Crippen molar-refractivity contribution in [3.63, 3.8) is 0 Å². The number of aryl methyl sites for hydroxylation is 1. The van der Waals surface area contributed by atoms with E-state index in [-0.39, 0.29) is 5.41 Å². The summed E-state index contributed by atoms with van der Waals surface area (Å²) < 4.78 is 4.70. The van der Waals surface area contributed by atoms with Gasteiger partial charge < -0.3 is 4.74 Å². The Labute approximate surface area is 157 Å². The van der Waals surface area contributed by atoms with Gasteiger partial charge >= 0.3 is 5.97 Å². The average molecular weight is 369 g/mol. The highest BCUT2D eigenvalue weighted by Crippen LogP contribution is 2.46. The van der Waals surface area contributed by atoms with Crippen molar-refractivity contribution in [3.05, 3.63) is 46.6 Å². The molecule has 0 unspecified atom stereocenters. The molecule has 3 rings (SSSR count). The zero-order chi connectivity index (χ0) is 18.9. The van der Waals surface area contributed by atoms with E-state index in [1.54, 1.807) is 23.7 Å². The maximum Gasteiger partial charge on any atom is 0.379 e. The largest absolute Gasteiger partial charge is 0.463 e. The summed E-state index contributed by atoms with van der Waals surface area (Å²) in [5.41, 5.74) is 3.80. The van der Waals surface area contributed by atoms with Crippen LogP contribution in [0.3, 0.4) is 0 Å². The van der Waals surface area contributed by atoms with Gasteiger partial charge in [0.2, 0.25) is 0 Å². The molecule has 0 aromatic carbocycles. The first kappa shape index (κ1) is 18.5. The number of carbonyl (C=O) groups excluding carboxylic acids is 2. The molecule has 0 fully saturated rings. The van der Waals surface area contributed by atoms with Gasteiger partial charge in [0.05, 0.1) is 12.7 Å². The molecular weight excluding hydrogens is 346 g/mol. The van der Waals surface area contributed by atoms with Crippen molar-refractivity contribution >= 4 is 28.7 Å². The van der Waals surface area contributed by atoms with Crippen LogP contribution in [0.25, 0.3) is 16.0 Å². The number of ketones is 1. The molecule has 2 aromatic heterocycles. The first-order valence-corrected chi connectivity index (χ1v) is 9.51. The van der Waals surface area contributed by atoms with Crippen LogP contribution in [0, 0.1) is 12.3 Å². The van der Waals surface area contributed by atoms with Crippen LogP contribution in [0.4, 0.5) is 0 Å². The average Bonchev–Trinajstić information content (AvgIpc) is 2.98. The fraction of sp³-hybridized carbons (Fsp3) is 0.381. The van der Waals surface area contributed by atoms with Gasteiger partial charge in [0, 0.05) is 27.7 Å². The standard InChI is InChI=1S/C21H23NO3S/c1-13-16(18(23)20(24)25-4)17(14-5-9-21(2,3)10-6-14)19(26-13)15-7-11-22-12-8-15/h5,7-8,11-12H,6,9-10H2,1-4H3. The number of thiophene rings is 1. The topological polar surface area (TPSA) is 56.3 Å². The quantitative estimate of drug-likeness (QED) is 0.429. The van der Waals surface area contributed by atoms with Gasteiger partial charge in [-0.15, -0.1) is 11.3 Å². The molecule has 2 heterocycles. The van der Waals surface area contributed by atoms with Crippen molar-refractivity contribution in [2.24, 2.45) is 5.41 Å². The molecule has 5 heteroatoms. The van der Waals surface area contributed by atoms with Crippen LogP contribution in [0.5, 0.6) is 0 Å². The highest BCUT2D eigenvalue weighted by molar-refractivity contribution is 7.16. The monoisotopic (exact) mass is 369 g/mol. The molecule has 0 atom stereocenters. The number of pyridine rings is 1. The van der Waals surface area contributed by atoms with E-state index < -0.39 is 11.8 Å². The third kappa shape index (κ3) is 3.49. The number of rotatable bonds is 4. The Morgan fingerprint density at radius 1 is 1.23 bits per heavy atom. The Morgan fingerprint density at radius 2 is 1.92 bits per heavy atom. The summed E-state index contributed by atoms with van der Waals surface area (Å²) in [7, 11) is 1.24. The second kappa shape index (κ2) is 7.16. The minimum absolute atomic E-state index is 0.262. The van der Waals surface area contributed by atoms with Crippen molar-refractivity contribution in [2.75, 3.05) is 7.11 Å². The van der Waals surface area contributed by atoms with Gasteiger partial charge in [-0.1, -0.05) is 19.9 Å². The smallest absolute Gasteiger partial charge is 0.379 e. The number of carbonyl (C=O) groups is 2. The Hall–Kier alpha value is -2.27. The summed E-state index contributed by atoms with van der Waals surface area (Å²) in [6.45, 7) is 6.40. The third-order valence-corrected chi connectivity index (χ3v) is 6.07. The number of nitrogens with zero attached hydrogens (tertiary/aromatic N) is 1. The van der Waals surface area contributed by atoms with Gasteiger partial charge in [-0.05, 0) is 54.9 Å². The number of allylic oxidation sites excluding steroid dienone is 2. The first-order chi connectivity index (χ1) is 12.3. The van der Waals surface area contributed by atoms with E-state index >= 15 is 0 Å². The number of aromatic nitrogens is 1. The molecule has 26 heavy (non-hydrogen) atoms. The number of methoxy groups -OCH3 is 1. The van der Waals surface area contributed by atoms with E-state index in [9.17, 15) is 9.59 Å². The molecule has 0 amide bonds. The number of ether oxygens (including phenoxy) is 1. The summed E-state index contributed by atoms with van der Waals surface area (Å²) in [6.07, 6.45) is 8.61. The van der Waals surface area contributed by atoms with Crippen molar-refractivity contribution in [1.82, 2.24) is 4.98 Å². The van der Waals surface area contributed by atoms with Gasteiger partial charge in [-0.2, -0.15) is 0 Å². The second-order valence-corrected chi connectivity index (χ2v) is 8.62. The third-order valence-electron chi connectivity index (χ3n) is 4.92. The number of esters is 1. The molecule has 1 aliphatic carbocycles. The molecule has 0 bridgehead atoms. The molecule has 1 aliphatic rings. The lowest BCUT2D eigenvalue weighted by Crippen LogP contribution is -2.19. The molecule has 136 valence electrons. The van der Waals surface area contributed by atoms with E-state index in [0.29, 0.717) is 5.56 Å². The van der Waals surface area contributed by atoms with E-state index in [4.69, 9.17) is 4.74 Å². The van der Waals surface area contributed by atoms with Crippen LogP contribution < -0.4 is 0 Å². The molecule has 0 saturated carbocycles. The molecule has 0 N–H and O–H groups in total. The van der Waals surface area contributed by atoms with Crippen LogP contribution in [0.15, 0.2) is 30.6 Å². The summed E-state index contributed by atoms with van der Waals surface area (Å²) in [5.74, 6) is -1.38. The van der Waals surface area contributed by atoms with Crippen LogP contribution in [0.2, 0.25) is 0 Å². The Kier molecular flexibility index (Phi) is 5.10. The zero-order valence-electron chi connectivity index (χ0n) is 15.6. The fourth-order valence-corrected chi connectivity index (χ4v) is 4.52. The number of hydrogen-bond donors (Lipinski definition) is 0. The van der Waals surface area contributed by atoms with Gasteiger partial charge in [-0.3, -0.25) is 9.78 Å². The van der Waals surface area contributed by atoms with E-state index in [0.717, 1.165) is 45.7 Å². The van der Waals surface area contributed by atoms with Gasteiger partial charge in [-0.25, -0.2) is 4.79 Å². The van der Waals surface area contributed by atoms with E-state index in [1.165, 1.54) is 7.11 Å². The molecule has 0 radical (unpaired) electrons. The highest BCUT2D eigenvalue weighted by Gasteiger charge is 2.31. The van der Waals surface area contributed by atoms with Crippen LogP contribution in [-0.4, -0.2) is 23.8 Å². The molecule has 2 aromatic rings. The number of hydrogen-bond acceptors (Lipinski definition) is 5. The Morgan fingerprint density at radius 3 is 2.50 bits per heavy atom. The highest BCUT2D eigenvalue weighted by atomic mass is 32.1. The minimum Gasteiger partial charge on any atom is -0.463 e. The Bertz CT molecular complexity index is 878. The summed E-state index contributed by atoms with van der Waals surface area (Å²) in [5, 5.41) is 0. The van der Waals surface area contributed by atoms with Crippen LogP contribution in [0.1, 0.15) is 53.9 Å². The lowest BCUT2D eigenvalue weighted by Gasteiger charge is -2.29. The Balaban J connectivity index is 2.20. The molecule has 0 aliphatic heterocycles. The molecule has 0 spiro atoms. The summed E-state index contributed by atoms with van der Waals surface area (Å²) in [6, 6.07) is 3.88. The summed E-state index contributed by atoms with van der Waals surface area (Å²) in [4.78, 5) is 30.6. The van der Waals surface area contributed by atoms with Crippen molar-refractivity contribution in [1.29, 1.82) is 0 Å². The minimum atomic E-state index is -0.815. The van der Waals surface area contributed by atoms with Crippen LogP contribution >= 0.6 is 11.3 Å². The van der Waals surface area contributed by atoms with E-state index in [2.05, 4.69) is 24.9 Å².